The van der Waals surface area contributed by atoms with Gasteiger partial charge in [-0.15, -0.1) is 0 Å². The molecule has 1 N–H and O–H groups in total. The molecule has 0 radical (unpaired) electrons. The summed E-state index contributed by atoms with van der Waals surface area (Å²) in [6.07, 6.45) is 2.80. The fraction of sp³-hybridized carbons (Fsp3) is 0.364. The second-order valence-corrected chi connectivity index (χ2v) is 9.86. The number of benzene rings is 1. The van der Waals surface area contributed by atoms with E-state index in [2.05, 4.69) is 15.4 Å². The average Bonchev–Trinajstić information content (AvgIpc) is 3.07. The van der Waals surface area contributed by atoms with Gasteiger partial charge in [-0.3, -0.25) is 9.67 Å². The first kappa shape index (κ1) is 21.5. The number of nitrogens with zero attached hydrogens (tertiary/aromatic N) is 4. The molecule has 1 fully saturated rings. The van der Waals surface area contributed by atoms with Gasteiger partial charge in [0.15, 0.2) is 0 Å². The van der Waals surface area contributed by atoms with E-state index in [1.54, 1.807) is 24.7 Å². The third kappa shape index (κ3) is 4.47. The van der Waals surface area contributed by atoms with Crippen LogP contribution in [0.15, 0.2) is 47.5 Å². The molecule has 0 bridgehead atoms. The second-order valence-electron chi connectivity index (χ2n) is 7.95. The van der Waals surface area contributed by atoms with Gasteiger partial charge < -0.3 is 5.32 Å². The number of hydrogen-bond acceptors (Lipinski definition) is 5. The largest absolute Gasteiger partial charge is 0.355 e. The van der Waals surface area contributed by atoms with Crippen LogP contribution in [0.3, 0.4) is 0 Å². The van der Waals surface area contributed by atoms with E-state index in [4.69, 9.17) is 0 Å². The molecular weight excluding hydrogens is 417 g/mol. The van der Waals surface area contributed by atoms with E-state index in [1.807, 2.05) is 25.1 Å². The van der Waals surface area contributed by atoms with Crippen molar-refractivity contribution < 1.29 is 12.8 Å². The van der Waals surface area contributed by atoms with Crippen molar-refractivity contribution in [2.24, 2.45) is 7.05 Å². The summed E-state index contributed by atoms with van der Waals surface area (Å²) in [7, 11) is -1.82. The highest BCUT2D eigenvalue weighted by Crippen LogP contribution is 2.32. The highest BCUT2D eigenvalue weighted by atomic mass is 32.2. The summed E-state index contributed by atoms with van der Waals surface area (Å²) >= 11 is 0. The normalized spacial score (nSPS) is 15.9. The summed E-state index contributed by atoms with van der Waals surface area (Å²) in [4.78, 5) is 4.95. The molecule has 1 saturated heterocycles. The zero-order valence-electron chi connectivity index (χ0n) is 17.8. The smallest absolute Gasteiger partial charge is 0.246 e. The van der Waals surface area contributed by atoms with Crippen LogP contribution in [0.1, 0.15) is 35.8 Å². The lowest BCUT2D eigenvalue weighted by molar-refractivity contribution is 0.316. The third-order valence-electron chi connectivity index (χ3n) is 5.77. The maximum atomic E-state index is 13.5. The van der Waals surface area contributed by atoms with E-state index >= 15 is 0 Å². The summed E-state index contributed by atoms with van der Waals surface area (Å²) < 4.78 is 42.6. The summed E-state index contributed by atoms with van der Waals surface area (Å²) in [5.41, 5.74) is 3.93. The minimum absolute atomic E-state index is 0.161. The number of aryl methyl sites for hydroxylation is 2. The lowest BCUT2D eigenvalue weighted by atomic mass is 9.93. The maximum Gasteiger partial charge on any atom is 0.246 e. The van der Waals surface area contributed by atoms with Crippen LogP contribution in [0.5, 0.6) is 0 Å². The topological polar surface area (TPSA) is 80.1 Å². The molecule has 0 unspecified atom stereocenters. The molecule has 3 aromatic rings. The van der Waals surface area contributed by atoms with E-state index in [0.717, 1.165) is 17.1 Å². The molecule has 4 rings (SSSR count). The molecule has 7 nitrogen and oxygen atoms in total. The lowest BCUT2D eigenvalue weighted by Gasteiger charge is -2.31. The van der Waals surface area contributed by atoms with Gasteiger partial charge in [-0.2, -0.15) is 9.40 Å². The standard InChI is InChI=1S/C22H26FN5O2S/c1-15-11-20(26-19-6-4-5-18(23)12-19)13-21(25-15)17-7-9-28(10-8-17)31(29,30)22-14-24-27(3)16(22)2/h4-6,11-14,17H,7-10H2,1-3H3,(H,25,26). The fourth-order valence-electron chi connectivity index (χ4n) is 3.97. The second kappa shape index (κ2) is 8.39. The Morgan fingerprint density at radius 3 is 2.48 bits per heavy atom. The van der Waals surface area contributed by atoms with Crippen LogP contribution in [0.4, 0.5) is 15.8 Å². The Balaban J connectivity index is 1.48. The van der Waals surface area contributed by atoms with Crippen LogP contribution in [0.25, 0.3) is 0 Å². The van der Waals surface area contributed by atoms with Gasteiger partial charge in [0, 0.05) is 48.8 Å². The molecule has 31 heavy (non-hydrogen) atoms. The molecular formula is C22H26FN5O2S. The maximum absolute atomic E-state index is 13.5. The summed E-state index contributed by atoms with van der Waals surface area (Å²) in [6, 6.07) is 10.2. The Morgan fingerprint density at radius 1 is 1.10 bits per heavy atom. The number of rotatable bonds is 5. The van der Waals surface area contributed by atoms with Crippen LogP contribution < -0.4 is 5.32 Å². The van der Waals surface area contributed by atoms with E-state index in [-0.39, 0.29) is 16.6 Å². The molecule has 164 valence electrons. The van der Waals surface area contributed by atoms with Crippen LogP contribution in [0, 0.1) is 19.7 Å². The van der Waals surface area contributed by atoms with Crippen LogP contribution in [0.2, 0.25) is 0 Å². The predicted molar refractivity (Wildman–Crippen MR) is 117 cm³/mol. The van der Waals surface area contributed by atoms with E-state index in [0.29, 0.717) is 37.3 Å². The van der Waals surface area contributed by atoms with E-state index in [1.165, 1.54) is 22.6 Å². The molecule has 1 aliphatic rings. The lowest BCUT2D eigenvalue weighted by Crippen LogP contribution is -2.38. The molecule has 0 spiro atoms. The fourth-order valence-corrected chi connectivity index (χ4v) is 5.63. The number of hydrogen-bond donors (Lipinski definition) is 1. The SMILES string of the molecule is Cc1cc(Nc2cccc(F)c2)cc(C2CCN(S(=O)(=O)c3cnn(C)c3C)CC2)n1. The molecule has 0 atom stereocenters. The van der Waals surface area contributed by atoms with E-state index in [9.17, 15) is 12.8 Å². The monoisotopic (exact) mass is 443 g/mol. The van der Waals surface area contributed by atoms with E-state index < -0.39 is 10.0 Å². The number of anilines is 2. The van der Waals surface area contributed by atoms with Gasteiger partial charge in [0.1, 0.15) is 10.7 Å². The first-order chi connectivity index (χ1) is 14.7. The van der Waals surface area contributed by atoms with Gasteiger partial charge in [0.25, 0.3) is 0 Å². The Labute approximate surface area is 182 Å². The van der Waals surface area contributed by atoms with Crippen molar-refractivity contribution in [2.75, 3.05) is 18.4 Å². The number of sulfonamides is 1. The van der Waals surface area contributed by atoms with Gasteiger partial charge >= 0.3 is 0 Å². The Morgan fingerprint density at radius 2 is 1.84 bits per heavy atom. The minimum Gasteiger partial charge on any atom is -0.355 e. The molecule has 9 heteroatoms. The highest BCUT2D eigenvalue weighted by Gasteiger charge is 2.32. The third-order valence-corrected chi connectivity index (χ3v) is 7.77. The molecule has 1 aliphatic heterocycles. The number of aromatic nitrogens is 3. The molecule has 0 saturated carbocycles. The van der Waals surface area contributed by atoms with Crippen LogP contribution in [-0.4, -0.2) is 40.6 Å². The quantitative estimate of drug-likeness (QED) is 0.647. The Kier molecular flexibility index (Phi) is 5.81. The average molecular weight is 444 g/mol. The van der Waals surface area contributed by atoms with Crippen molar-refractivity contribution in [2.45, 2.75) is 37.5 Å². The zero-order valence-corrected chi connectivity index (χ0v) is 18.7. The van der Waals surface area contributed by atoms with Crippen molar-refractivity contribution in [1.29, 1.82) is 0 Å². The van der Waals surface area contributed by atoms with Crippen molar-refractivity contribution in [3.05, 3.63) is 65.5 Å². The molecule has 1 aromatic carbocycles. The molecule has 3 heterocycles. The molecule has 2 aromatic heterocycles. The van der Waals surface area contributed by atoms with Gasteiger partial charge in [-0.25, -0.2) is 12.8 Å². The van der Waals surface area contributed by atoms with Gasteiger partial charge in [0.05, 0.1) is 11.9 Å². The summed E-state index contributed by atoms with van der Waals surface area (Å²) in [5.74, 6) is -0.136. The Hall–Kier alpha value is -2.78. The molecule has 0 aliphatic carbocycles. The van der Waals surface area contributed by atoms with Crippen molar-refractivity contribution >= 4 is 21.4 Å². The minimum atomic E-state index is -3.56. The zero-order chi connectivity index (χ0) is 22.2. The van der Waals surface area contributed by atoms with Gasteiger partial charge in [-0.05, 0) is 57.0 Å². The van der Waals surface area contributed by atoms with Crippen LogP contribution >= 0.6 is 0 Å². The van der Waals surface area contributed by atoms with Gasteiger partial charge in [-0.1, -0.05) is 6.07 Å². The first-order valence-corrected chi connectivity index (χ1v) is 11.7. The van der Waals surface area contributed by atoms with Gasteiger partial charge in [0.2, 0.25) is 10.0 Å². The van der Waals surface area contributed by atoms with Crippen molar-refractivity contribution in [1.82, 2.24) is 19.1 Å². The number of pyridine rings is 1. The summed E-state index contributed by atoms with van der Waals surface area (Å²) in [6.45, 7) is 4.55. The number of piperidine rings is 1. The number of nitrogens with one attached hydrogen (secondary N) is 1. The number of halogens is 1. The summed E-state index contributed by atoms with van der Waals surface area (Å²) in [5, 5.41) is 7.30. The van der Waals surface area contributed by atoms with Crippen LogP contribution in [-0.2, 0) is 17.1 Å². The first-order valence-electron chi connectivity index (χ1n) is 10.2. The van der Waals surface area contributed by atoms with Crippen molar-refractivity contribution in [3.8, 4) is 0 Å². The highest BCUT2D eigenvalue weighted by molar-refractivity contribution is 7.89. The predicted octanol–water partition coefficient (Wildman–Crippen LogP) is 3.88. The molecule has 0 amide bonds. The van der Waals surface area contributed by atoms with Crippen molar-refractivity contribution in [3.63, 3.8) is 0 Å². The Bertz CT molecular complexity index is 1200.